The molecule has 0 aromatic carbocycles. The summed E-state index contributed by atoms with van der Waals surface area (Å²) in [5, 5.41) is 8.19. The monoisotopic (exact) mass is 396 g/mol. The first-order valence-electron chi connectivity index (χ1n) is 9.69. The van der Waals surface area contributed by atoms with Crippen molar-refractivity contribution in [2.75, 3.05) is 13.1 Å². The van der Waals surface area contributed by atoms with E-state index in [4.69, 9.17) is 4.98 Å². The second kappa shape index (κ2) is 7.98. The molecule has 0 unspecified atom stereocenters. The van der Waals surface area contributed by atoms with E-state index in [-0.39, 0.29) is 23.9 Å². The summed E-state index contributed by atoms with van der Waals surface area (Å²) in [5.74, 6) is 1.10. The number of aromatic nitrogens is 7. The quantitative estimate of drug-likeness (QED) is 0.625. The van der Waals surface area contributed by atoms with Crippen LogP contribution < -0.4 is 5.69 Å². The summed E-state index contributed by atoms with van der Waals surface area (Å²) in [4.78, 5) is 35.4. The molecule has 29 heavy (non-hydrogen) atoms. The lowest BCUT2D eigenvalue weighted by atomic mass is 9.95. The highest BCUT2D eigenvalue weighted by molar-refractivity contribution is 5.76. The topological polar surface area (TPSA) is 104 Å². The van der Waals surface area contributed by atoms with Crippen molar-refractivity contribution < 1.29 is 4.79 Å². The SMILES string of the molecule is Cn1cc(-c2ccnc(C3CCN(C(=O)CCn4ncn(C)c4=O)CC3)n2)cn1. The third-order valence-corrected chi connectivity index (χ3v) is 5.31. The highest BCUT2D eigenvalue weighted by Crippen LogP contribution is 2.27. The van der Waals surface area contributed by atoms with E-state index < -0.39 is 0 Å². The number of hydrogen-bond donors (Lipinski definition) is 0. The van der Waals surface area contributed by atoms with Gasteiger partial charge in [0.1, 0.15) is 12.2 Å². The number of carbonyl (C=O) groups excluding carboxylic acids is 1. The normalized spacial score (nSPS) is 15.0. The zero-order valence-corrected chi connectivity index (χ0v) is 16.6. The molecule has 0 N–H and O–H groups in total. The van der Waals surface area contributed by atoms with Crippen LogP contribution in [0.1, 0.15) is 31.0 Å². The maximum atomic E-state index is 12.5. The van der Waals surface area contributed by atoms with Gasteiger partial charge in [0, 0.05) is 57.5 Å². The van der Waals surface area contributed by atoms with E-state index in [1.807, 2.05) is 24.2 Å². The van der Waals surface area contributed by atoms with E-state index in [9.17, 15) is 9.59 Å². The maximum absolute atomic E-state index is 12.5. The Morgan fingerprint density at radius 3 is 2.66 bits per heavy atom. The van der Waals surface area contributed by atoms with Crippen LogP contribution in [0.2, 0.25) is 0 Å². The number of amides is 1. The molecule has 3 aromatic heterocycles. The van der Waals surface area contributed by atoms with Gasteiger partial charge in [-0.15, -0.1) is 0 Å². The van der Waals surface area contributed by atoms with Crippen LogP contribution in [0.25, 0.3) is 11.3 Å². The molecule has 10 heteroatoms. The van der Waals surface area contributed by atoms with E-state index in [0.717, 1.165) is 29.9 Å². The van der Waals surface area contributed by atoms with Crippen LogP contribution in [0.4, 0.5) is 0 Å². The Bertz CT molecular complexity index is 1060. The van der Waals surface area contributed by atoms with Gasteiger partial charge in [0.25, 0.3) is 0 Å². The lowest BCUT2D eigenvalue weighted by Crippen LogP contribution is -2.39. The minimum atomic E-state index is -0.206. The molecule has 0 aliphatic carbocycles. The first-order valence-corrected chi connectivity index (χ1v) is 9.69. The minimum Gasteiger partial charge on any atom is -0.343 e. The average molecular weight is 396 g/mol. The number of piperidine rings is 1. The van der Waals surface area contributed by atoms with Crippen LogP contribution in [0, 0.1) is 0 Å². The van der Waals surface area contributed by atoms with Crippen molar-refractivity contribution in [3.8, 4) is 11.3 Å². The molecule has 3 aromatic rings. The number of carbonyl (C=O) groups is 1. The Balaban J connectivity index is 1.34. The van der Waals surface area contributed by atoms with Crippen molar-refractivity contribution in [1.29, 1.82) is 0 Å². The van der Waals surface area contributed by atoms with Crippen LogP contribution >= 0.6 is 0 Å². The summed E-state index contributed by atoms with van der Waals surface area (Å²) in [5.41, 5.74) is 1.62. The van der Waals surface area contributed by atoms with Gasteiger partial charge in [-0.25, -0.2) is 19.4 Å². The van der Waals surface area contributed by atoms with Gasteiger partial charge in [0.15, 0.2) is 0 Å². The van der Waals surface area contributed by atoms with Crippen LogP contribution in [-0.4, -0.2) is 58.0 Å². The summed E-state index contributed by atoms with van der Waals surface area (Å²) in [7, 11) is 3.52. The van der Waals surface area contributed by atoms with Crippen molar-refractivity contribution >= 4 is 5.91 Å². The Hall–Kier alpha value is -3.30. The summed E-state index contributed by atoms with van der Waals surface area (Å²) < 4.78 is 4.47. The Morgan fingerprint density at radius 1 is 1.21 bits per heavy atom. The predicted octanol–water partition coefficient (Wildman–Crippen LogP) is 0.569. The molecule has 10 nitrogen and oxygen atoms in total. The van der Waals surface area contributed by atoms with E-state index in [1.54, 1.807) is 24.1 Å². The van der Waals surface area contributed by atoms with E-state index >= 15 is 0 Å². The zero-order valence-electron chi connectivity index (χ0n) is 16.6. The van der Waals surface area contributed by atoms with Crippen LogP contribution in [0.3, 0.4) is 0 Å². The van der Waals surface area contributed by atoms with Gasteiger partial charge in [0.05, 0.1) is 18.4 Å². The summed E-state index contributed by atoms with van der Waals surface area (Å²) >= 11 is 0. The molecule has 0 spiro atoms. The van der Waals surface area contributed by atoms with Crippen molar-refractivity contribution in [2.24, 2.45) is 14.1 Å². The maximum Gasteiger partial charge on any atom is 0.345 e. The number of rotatable bonds is 5. The number of likely N-dealkylation sites (tertiary alicyclic amines) is 1. The van der Waals surface area contributed by atoms with Crippen LogP contribution in [0.5, 0.6) is 0 Å². The fourth-order valence-electron chi connectivity index (χ4n) is 3.61. The average Bonchev–Trinajstić information content (AvgIpc) is 3.32. The molecular formula is C19H24N8O2. The highest BCUT2D eigenvalue weighted by Gasteiger charge is 2.25. The molecule has 0 atom stereocenters. The lowest BCUT2D eigenvalue weighted by Gasteiger charge is -2.31. The largest absolute Gasteiger partial charge is 0.345 e. The predicted molar refractivity (Wildman–Crippen MR) is 105 cm³/mol. The fourth-order valence-corrected chi connectivity index (χ4v) is 3.61. The molecule has 1 aliphatic rings. The first kappa shape index (κ1) is 19.0. The van der Waals surface area contributed by atoms with Crippen molar-refractivity contribution in [3.63, 3.8) is 0 Å². The van der Waals surface area contributed by atoms with Gasteiger partial charge in [-0.3, -0.25) is 14.0 Å². The molecule has 1 fully saturated rings. The molecule has 0 saturated carbocycles. The third kappa shape index (κ3) is 4.10. The number of nitrogens with zero attached hydrogens (tertiary/aromatic N) is 8. The van der Waals surface area contributed by atoms with Gasteiger partial charge >= 0.3 is 5.69 Å². The second-order valence-corrected chi connectivity index (χ2v) is 7.36. The van der Waals surface area contributed by atoms with Crippen LogP contribution in [-0.2, 0) is 25.4 Å². The Labute approximate surface area is 167 Å². The molecule has 0 bridgehead atoms. The summed E-state index contributed by atoms with van der Waals surface area (Å²) in [6, 6.07) is 1.89. The van der Waals surface area contributed by atoms with E-state index in [2.05, 4.69) is 15.2 Å². The smallest absolute Gasteiger partial charge is 0.343 e. The fraction of sp³-hybridized carbons (Fsp3) is 0.474. The number of hydrogen-bond acceptors (Lipinski definition) is 6. The molecule has 1 amide bonds. The van der Waals surface area contributed by atoms with Gasteiger partial charge < -0.3 is 4.90 Å². The van der Waals surface area contributed by atoms with Gasteiger partial charge in [-0.1, -0.05) is 0 Å². The highest BCUT2D eigenvalue weighted by atomic mass is 16.2. The minimum absolute atomic E-state index is 0.0473. The molecule has 1 saturated heterocycles. The van der Waals surface area contributed by atoms with Gasteiger partial charge in [-0.05, 0) is 18.9 Å². The second-order valence-electron chi connectivity index (χ2n) is 7.36. The lowest BCUT2D eigenvalue weighted by molar-refractivity contribution is -0.132. The van der Waals surface area contributed by atoms with Gasteiger partial charge in [-0.2, -0.15) is 10.2 Å². The summed E-state index contributed by atoms with van der Waals surface area (Å²) in [6.45, 7) is 1.64. The van der Waals surface area contributed by atoms with E-state index in [1.165, 1.54) is 15.6 Å². The molecule has 0 radical (unpaired) electrons. The molecule has 1 aliphatic heterocycles. The zero-order chi connectivity index (χ0) is 20.4. The molecule has 4 rings (SSSR count). The molecule has 4 heterocycles. The Kier molecular flexibility index (Phi) is 5.24. The van der Waals surface area contributed by atoms with Crippen LogP contribution in [0.15, 0.2) is 35.8 Å². The summed E-state index contributed by atoms with van der Waals surface area (Å²) in [6.07, 6.45) is 8.89. The molecule has 152 valence electrons. The van der Waals surface area contributed by atoms with E-state index in [0.29, 0.717) is 19.6 Å². The third-order valence-electron chi connectivity index (χ3n) is 5.31. The van der Waals surface area contributed by atoms with Gasteiger partial charge in [0.2, 0.25) is 5.91 Å². The van der Waals surface area contributed by atoms with Crippen molar-refractivity contribution in [1.82, 2.24) is 39.0 Å². The molecular weight excluding hydrogens is 372 g/mol. The van der Waals surface area contributed by atoms with Crippen molar-refractivity contribution in [3.05, 3.63) is 47.3 Å². The Morgan fingerprint density at radius 2 is 2.00 bits per heavy atom. The standard InChI is InChI=1S/C19H24N8O2/c1-24-13-22-27(19(24)29)10-6-17(28)26-8-4-14(5-9-26)18-20-7-3-16(23-18)15-11-21-25(2)12-15/h3,7,11-14H,4-6,8-10H2,1-2H3. The number of aryl methyl sites for hydroxylation is 3. The van der Waals surface area contributed by atoms with Crippen molar-refractivity contribution in [2.45, 2.75) is 31.7 Å². The first-order chi connectivity index (χ1) is 14.0.